The van der Waals surface area contributed by atoms with Gasteiger partial charge in [0, 0.05) is 38.7 Å². The number of aryl methyl sites for hydroxylation is 1. The first-order valence-electron chi connectivity index (χ1n) is 7.21. The number of hydrogen-bond acceptors (Lipinski definition) is 3. The van der Waals surface area contributed by atoms with Crippen LogP contribution in [0.15, 0.2) is 12.4 Å². The predicted molar refractivity (Wildman–Crippen MR) is 76.0 cm³/mol. The Morgan fingerprint density at radius 2 is 2.11 bits per heavy atom. The molecule has 0 unspecified atom stereocenters. The summed E-state index contributed by atoms with van der Waals surface area (Å²) in [6.07, 6.45) is 10.1. The minimum atomic E-state index is 0.798. The van der Waals surface area contributed by atoms with Gasteiger partial charge in [0.2, 0.25) is 5.95 Å². The first-order valence-corrected chi connectivity index (χ1v) is 7.21. The van der Waals surface area contributed by atoms with Crippen LogP contribution in [0.4, 0.5) is 5.95 Å². The summed E-state index contributed by atoms with van der Waals surface area (Å²) in [5, 5.41) is 3.40. The molecular weight excluding hydrogens is 226 g/mol. The van der Waals surface area contributed by atoms with Crippen LogP contribution in [0, 0.1) is 0 Å². The van der Waals surface area contributed by atoms with Crippen molar-refractivity contribution >= 4 is 5.95 Å². The van der Waals surface area contributed by atoms with Gasteiger partial charge in [0.25, 0.3) is 0 Å². The number of ether oxygens (including phenoxy) is 1. The van der Waals surface area contributed by atoms with Crippen LogP contribution in [-0.4, -0.2) is 29.3 Å². The van der Waals surface area contributed by atoms with E-state index in [1.807, 2.05) is 19.3 Å². The monoisotopic (exact) mass is 253 g/mol. The van der Waals surface area contributed by atoms with Gasteiger partial charge in [-0.3, -0.25) is 0 Å². The fourth-order valence-corrected chi connectivity index (χ4v) is 1.89. The van der Waals surface area contributed by atoms with Crippen molar-refractivity contribution in [2.45, 2.75) is 52.5 Å². The number of imidazole rings is 1. The zero-order valence-corrected chi connectivity index (χ0v) is 11.8. The number of aromatic nitrogens is 2. The Labute approximate surface area is 111 Å². The van der Waals surface area contributed by atoms with Crippen LogP contribution in [0.1, 0.15) is 46.0 Å². The molecule has 0 saturated carbocycles. The van der Waals surface area contributed by atoms with Crippen molar-refractivity contribution in [3.63, 3.8) is 0 Å². The number of unbranched alkanes of at least 4 members (excludes halogenated alkanes) is 3. The van der Waals surface area contributed by atoms with E-state index in [0.29, 0.717) is 0 Å². The van der Waals surface area contributed by atoms with Crippen molar-refractivity contribution in [3.05, 3.63) is 12.4 Å². The van der Waals surface area contributed by atoms with Gasteiger partial charge >= 0.3 is 0 Å². The number of anilines is 1. The third-order valence-corrected chi connectivity index (χ3v) is 2.92. The van der Waals surface area contributed by atoms with Gasteiger partial charge in [0.15, 0.2) is 0 Å². The molecule has 1 rings (SSSR count). The van der Waals surface area contributed by atoms with Crippen LogP contribution in [0.3, 0.4) is 0 Å². The Kier molecular flexibility index (Phi) is 8.30. The van der Waals surface area contributed by atoms with E-state index in [9.17, 15) is 0 Å². The van der Waals surface area contributed by atoms with Gasteiger partial charge in [-0.1, -0.05) is 26.2 Å². The summed E-state index contributed by atoms with van der Waals surface area (Å²) >= 11 is 0. The molecule has 0 aromatic carbocycles. The standard InChI is InChI=1S/C14H27N3O/c1-3-5-6-7-9-15-14-16-10-12-17(14)11-8-13-18-4-2/h10,12H,3-9,11,13H2,1-2H3,(H,15,16). The quantitative estimate of drug-likeness (QED) is 0.615. The number of rotatable bonds is 11. The summed E-state index contributed by atoms with van der Waals surface area (Å²) in [7, 11) is 0. The molecular formula is C14H27N3O. The number of nitrogens with zero attached hydrogens (tertiary/aromatic N) is 2. The highest BCUT2D eigenvalue weighted by Crippen LogP contribution is 2.06. The van der Waals surface area contributed by atoms with Crippen molar-refractivity contribution in [2.24, 2.45) is 0 Å². The molecule has 104 valence electrons. The van der Waals surface area contributed by atoms with Gasteiger partial charge in [0.1, 0.15) is 0 Å². The highest BCUT2D eigenvalue weighted by Gasteiger charge is 2.01. The van der Waals surface area contributed by atoms with E-state index in [1.54, 1.807) is 0 Å². The number of hydrogen-bond donors (Lipinski definition) is 1. The second-order valence-corrected chi connectivity index (χ2v) is 4.48. The maximum Gasteiger partial charge on any atom is 0.202 e. The lowest BCUT2D eigenvalue weighted by Crippen LogP contribution is -2.10. The lowest BCUT2D eigenvalue weighted by atomic mass is 10.2. The molecule has 0 fully saturated rings. The molecule has 0 aliphatic carbocycles. The lowest BCUT2D eigenvalue weighted by Gasteiger charge is -2.09. The molecule has 4 nitrogen and oxygen atoms in total. The molecule has 0 spiro atoms. The van der Waals surface area contributed by atoms with Gasteiger partial charge in [-0.2, -0.15) is 0 Å². The zero-order valence-electron chi connectivity index (χ0n) is 11.8. The van der Waals surface area contributed by atoms with Crippen molar-refractivity contribution in [2.75, 3.05) is 25.1 Å². The topological polar surface area (TPSA) is 39.1 Å². The smallest absolute Gasteiger partial charge is 0.202 e. The summed E-state index contributed by atoms with van der Waals surface area (Å²) in [6, 6.07) is 0. The van der Waals surface area contributed by atoms with E-state index in [4.69, 9.17) is 4.74 Å². The van der Waals surface area contributed by atoms with Gasteiger partial charge in [-0.25, -0.2) is 4.98 Å². The Bertz CT molecular complexity index is 299. The van der Waals surface area contributed by atoms with E-state index >= 15 is 0 Å². The van der Waals surface area contributed by atoms with Gasteiger partial charge < -0.3 is 14.6 Å². The molecule has 1 aromatic heterocycles. The normalized spacial score (nSPS) is 10.8. The molecule has 0 aliphatic heterocycles. The van der Waals surface area contributed by atoms with Crippen molar-refractivity contribution < 1.29 is 4.74 Å². The maximum atomic E-state index is 5.34. The van der Waals surface area contributed by atoms with E-state index in [2.05, 4.69) is 21.8 Å². The average molecular weight is 253 g/mol. The van der Waals surface area contributed by atoms with E-state index in [1.165, 1.54) is 25.7 Å². The molecule has 18 heavy (non-hydrogen) atoms. The maximum absolute atomic E-state index is 5.34. The third-order valence-electron chi connectivity index (χ3n) is 2.92. The second-order valence-electron chi connectivity index (χ2n) is 4.48. The summed E-state index contributed by atoms with van der Waals surface area (Å²) in [6.45, 7) is 7.87. The minimum Gasteiger partial charge on any atom is -0.382 e. The SMILES string of the molecule is CCCCCCNc1nccn1CCCOCC. The highest BCUT2D eigenvalue weighted by atomic mass is 16.5. The fourth-order valence-electron chi connectivity index (χ4n) is 1.89. The molecule has 1 heterocycles. The largest absolute Gasteiger partial charge is 0.382 e. The first-order chi connectivity index (χ1) is 8.88. The molecule has 4 heteroatoms. The lowest BCUT2D eigenvalue weighted by molar-refractivity contribution is 0.142. The zero-order chi connectivity index (χ0) is 13.1. The highest BCUT2D eigenvalue weighted by molar-refractivity contribution is 5.25. The molecule has 0 amide bonds. The Hall–Kier alpha value is -1.03. The van der Waals surface area contributed by atoms with Gasteiger partial charge in [-0.05, 0) is 19.8 Å². The Morgan fingerprint density at radius 1 is 1.22 bits per heavy atom. The predicted octanol–water partition coefficient (Wildman–Crippen LogP) is 3.30. The molecule has 1 N–H and O–H groups in total. The molecule has 0 atom stereocenters. The third kappa shape index (κ3) is 6.05. The second kappa shape index (κ2) is 9.95. The molecule has 0 radical (unpaired) electrons. The summed E-state index contributed by atoms with van der Waals surface area (Å²) in [5.41, 5.74) is 0. The summed E-state index contributed by atoms with van der Waals surface area (Å²) in [5.74, 6) is 0.989. The van der Waals surface area contributed by atoms with Crippen molar-refractivity contribution in [1.29, 1.82) is 0 Å². The minimum absolute atomic E-state index is 0.798. The Balaban J connectivity index is 2.18. The van der Waals surface area contributed by atoms with E-state index in [0.717, 1.165) is 38.7 Å². The molecule has 0 aliphatic rings. The van der Waals surface area contributed by atoms with Gasteiger partial charge in [0.05, 0.1) is 0 Å². The average Bonchev–Trinajstić information content (AvgIpc) is 2.82. The van der Waals surface area contributed by atoms with E-state index < -0.39 is 0 Å². The summed E-state index contributed by atoms with van der Waals surface area (Å²) in [4.78, 5) is 4.34. The Morgan fingerprint density at radius 3 is 2.89 bits per heavy atom. The van der Waals surface area contributed by atoms with Crippen LogP contribution >= 0.6 is 0 Å². The van der Waals surface area contributed by atoms with Crippen LogP contribution < -0.4 is 5.32 Å². The van der Waals surface area contributed by atoms with Crippen LogP contribution in [0.2, 0.25) is 0 Å². The van der Waals surface area contributed by atoms with Crippen molar-refractivity contribution in [1.82, 2.24) is 9.55 Å². The van der Waals surface area contributed by atoms with E-state index in [-0.39, 0.29) is 0 Å². The van der Waals surface area contributed by atoms with Gasteiger partial charge in [-0.15, -0.1) is 0 Å². The van der Waals surface area contributed by atoms with Crippen molar-refractivity contribution in [3.8, 4) is 0 Å². The molecule has 0 bridgehead atoms. The summed E-state index contributed by atoms with van der Waals surface area (Å²) < 4.78 is 7.51. The fraction of sp³-hybridized carbons (Fsp3) is 0.786. The van der Waals surface area contributed by atoms with Crippen LogP contribution in [0.5, 0.6) is 0 Å². The molecule has 1 aromatic rings. The number of nitrogens with one attached hydrogen (secondary N) is 1. The van der Waals surface area contributed by atoms with Crippen LogP contribution in [0.25, 0.3) is 0 Å². The molecule has 0 saturated heterocycles. The first kappa shape index (κ1) is 15.0. The van der Waals surface area contributed by atoms with Crippen LogP contribution in [-0.2, 0) is 11.3 Å².